The van der Waals surface area contributed by atoms with E-state index in [0.717, 1.165) is 9.37 Å². The molecule has 1 aliphatic heterocycles. The Hall–Kier alpha value is -2.60. The lowest BCUT2D eigenvalue weighted by Gasteiger charge is -2.11. The minimum Gasteiger partial charge on any atom is -0.496 e. The monoisotopic (exact) mass is 372 g/mol. The molecule has 0 spiro atoms. The highest BCUT2D eigenvalue weighted by Gasteiger charge is 2.34. The Kier molecular flexibility index (Phi) is 4.16. The number of urea groups is 1. The smallest absolute Gasteiger partial charge is 0.333 e. The lowest BCUT2D eigenvalue weighted by Crippen LogP contribution is -2.30. The summed E-state index contributed by atoms with van der Waals surface area (Å²) in [5.41, 5.74) is 1.43. The average Bonchev–Trinajstić information content (AvgIpc) is 2.82. The van der Waals surface area contributed by atoms with Gasteiger partial charge in [0.2, 0.25) is 0 Å². The second kappa shape index (κ2) is 6.26. The molecule has 0 atom stereocenters. The summed E-state index contributed by atoms with van der Waals surface area (Å²) in [6.07, 6.45) is 1.60. The summed E-state index contributed by atoms with van der Waals surface area (Å²) in [4.78, 5) is 25.8. The second-order valence-corrected chi connectivity index (χ2v) is 5.77. The van der Waals surface area contributed by atoms with Gasteiger partial charge in [0.25, 0.3) is 5.91 Å². The topological polar surface area (TPSA) is 58.6 Å². The van der Waals surface area contributed by atoms with Gasteiger partial charge in [-0.1, -0.05) is 34.1 Å². The molecule has 1 fully saturated rings. The largest absolute Gasteiger partial charge is 0.496 e. The van der Waals surface area contributed by atoms with Gasteiger partial charge in [0.15, 0.2) is 0 Å². The number of carbonyl (C=O) groups is 2. The summed E-state index contributed by atoms with van der Waals surface area (Å²) in [6, 6.07) is 13.8. The van der Waals surface area contributed by atoms with Gasteiger partial charge in [0, 0.05) is 10.0 Å². The molecule has 1 N–H and O–H groups in total. The highest BCUT2D eigenvalue weighted by Crippen LogP contribution is 2.27. The number of para-hydroxylation sites is 1. The molecule has 23 heavy (non-hydrogen) atoms. The number of methoxy groups -OCH3 is 1. The first-order valence-corrected chi connectivity index (χ1v) is 7.65. The Labute approximate surface area is 141 Å². The summed E-state index contributed by atoms with van der Waals surface area (Å²) in [5.74, 6) is 0.212. The lowest BCUT2D eigenvalue weighted by molar-refractivity contribution is -0.113. The summed E-state index contributed by atoms with van der Waals surface area (Å²) >= 11 is 3.38. The van der Waals surface area contributed by atoms with Gasteiger partial charge in [-0.15, -0.1) is 0 Å². The number of rotatable bonds is 3. The minimum atomic E-state index is -0.471. The molecule has 0 aliphatic carbocycles. The van der Waals surface area contributed by atoms with Crippen molar-refractivity contribution in [3.8, 4) is 5.75 Å². The Balaban J connectivity index is 1.98. The summed E-state index contributed by atoms with van der Waals surface area (Å²) in [7, 11) is 1.55. The van der Waals surface area contributed by atoms with Gasteiger partial charge in [-0.05, 0) is 36.4 Å². The van der Waals surface area contributed by atoms with Crippen molar-refractivity contribution in [3.63, 3.8) is 0 Å². The van der Waals surface area contributed by atoms with Gasteiger partial charge in [-0.25, -0.2) is 9.69 Å². The number of halogens is 1. The van der Waals surface area contributed by atoms with Crippen LogP contribution in [-0.4, -0.2) is 19.0 Å². The molecule has 0 saturated carbocycles. The Morgan fingerprint density at radius 3 is 2.57 bits per heavy atom. The van der Waals surface area contributed by atoms with E-state index in [2.05, 4.69) is 21.2 Å². The predicted molar refractivity (Wildman–Crippen MR) is 91.1 cm³/mol. The van der Waals surface area contributed by atoms with Crippen LogP contribution in [-0.2, 0) is 4.79 Å². The van der Waals surface area contributed by atoms with Crippen molar-refractivity contribution in [1.29, 1.82) is 0 Å². The molecule has 116 valence electrons. The number of imide groups is 1. The number of amides is 3. The van der Waals surface area contributed by atoms with Crippen LogP contribution in [0.15, 0.2) is 58.7 Å². The number of nitrogens with one attached hydrogen (secondary N) is 1. The maximum absolute atomic E-state index is 12.5. The van der Waals surface area contributed by atoms with Gasteiger partial charge in [0.05, 0.1) is 12.8 Å². The van der Waals surface area contributed by atoms with Crippen LogP contribution in [0.1, 0.15) is 5.56 Å². The van der Waals surface area contributed by atoms with Crippen LogP contribution in [0.2, 0.25) is 0 Å². The molecule has 1 heterocycles. The van der Waals surface area contributed by atoms with E-state index in [1.807, 2.05) is 18.2 Å². The third-order valence-corrected chi connectivity index (χ3v) is 3.88. The van der Waals surface area contributed by atoms with Crippen LogP contribution in [0.5, 0.6) is 5.75 Å². The van der Waals surface area contributed by atoms with Gasteiger partial charge < -0.3 is 10.1 Å². The Morgan fingerprint density at radius 1 is 1.13 bits per heavy atom. The van der Waals surface area contributed by atoms with Gasteiger partial charge in [0.1, 0.15) is 11.4 Å². The number of hydrogen-bond donors (Lipinski definition) is 1. The minimum absolute atomic E-state index is 0.204. The normalized spacial score (nSPS) is 15.9. The van der Waals surface area contributed by atoms with Crippen LogP contribution in [0.4, 0.5) is 10.5 Å². The Bertz CT molecular complexity index is 803. The third-order valence-electron chi connectivity index (χ3n) is 3.38. The van der Waals surface area contributed by atoms with E-state index in [9.17, 15) is 9.59 Å². The fraction of sp³-hybridized carbons (Fsp3) is 0.0588. The third kappa shape index (κ3) is 2.98. The molecule has 2 aromatic carbocycles. The van der Waals surface area contributed by atoms with Crippen LogP contribution < -0.4 is 15.0 Å². The van der Waals surface area contributed by atoms with Crippen molar-refractivity contribution >= 4 is 39.6 Å². The first kappa shape index (κ1) is 15.3. The quantitative estimate of drug-likeness (QED) is 0.661. The van der Waals surface area contributed by atoms with E-state index in [-0.39, 0.29) is 5.70 Å². The van der Waals surface area contributed by atoms with E-state index in [1.54, 1.807) is 43.5 Å². The van der Waals surface area contributed by atoms with E-state index in [0.29, 0.717) is 17.0 Å². The average molecular weight is 373 g/mol. The maximum atomic E-state index is 12.5. The molecule has 6 heteroatoms. The standard InChI is InChI=1S/C17H13BrN2O3/c1-23-15-8-7-12(18)9-11(15)10-14-16(21)20(17(22)19-14)13-5-3-2-4-6-13/h2-10H,1H3,(H,19,22)/b14-10+. The highest BCUT2D eigenvalue weighted by atomic mass is 79.9. The molecular weight excluding hydrogens is 360 g/mol. The number of anilines is 1. The van der Waals surface area contributed by atoms with Crippen LogP contribution in [0, 0.1) is 0 Å². The molecule has 3 rings (SSSR count). The fourth-order valence-electron chi connectivity index (χ4n) is 2.32. The molecule has 1 saturated heterocycles. The molecule has 1 aliphatic rings. The van der Waals surface area contributed by atoms with Crippen LogP contribution >= 0.6 is 15.9 Å². The van der Waals surface area contributed by atoms with E-state index >= 15 is 0 Å². The van der Waals surface area contributed by atoms with E-state index in [1.165, 1.54) is 0 Å². The summed E-state index contributed by atoms with van der Waals surface area (Å²) in [6.45, 7) is 0. The zero-order valence-corrected chi connectivity index (χ0v) is 13.8. The number of ether oxygens (including phenoxy) is 1. The predicted octanol–water partition coefficient (Wildman–Crippen LogP) is 3.56. The lowest BCUT2D eigenvalue weighted by atomic mass is 10.1. The number of nitrogens with zero attached hydrogens (tertiary/aromatic N) is 1. The van der Waals surface area contributed by atoms with Gasteiger partial charge in [-0.2, -0.15) is 0 Å². The molecule has 0 unspecified atom stereocenters. The molecule has 0 bridgehead atoms. The highest BCUT2D eigenvalue weighted by molar-refractivity contribution is 9.10. The zero-order valence-electron chi connectivity index (χ0n) is 12.2. The molecule has 5 nitrogen and oxygen atoms in total. The van der Waals surface area contributed by atoms with Crippen molar-refractivity contribution in [1.82, 2.24) is 5.32 Å². The van der Waals surface area contributed by atoms with E-state index < -0.39 is 11.9 Å². The number of benzene rings is 2. The first-order chi connectivity index (χ1) is 11.1. The summed E-state index contributed by atoms with van der Waals surface area (Å²) in [5, 5.41) is 2.60. The molecule has 0 radical (unpaired) electrons. The molecule has 3 amide bonds. The van der Waals surface area contributed by atoms with Gasteiger partial charge >= 0.3 is 6.03 Å². The zero-order chi connectivity index (χ0) is 16.4. The SMILES string of the molecule is COc1ccc(Br)cc1/C=C1/NC(=O)N(c2ccccc2)C1=O. The Morgan fingerprint density at radius 2 is 1.87 bits per heavy atom. The van der Waals surface area contributed by atoms with Crippen LogP contribution in [0.3, 0.4) is 0 Å². The number of hydrogen-bond acceptors (Lipinski definition) is 3. The summed E-state index contributed by atoms with van der Waals surface area (Å²) < 4.78 is 6.13. The number of carbonyl (C=O) groups excluding carboxylic acids is 2. The maximum Gasteiger partial charge on any atom is 0.333 e. The second-order valence-electron chi connectivity index (χ2n) is 4.85. The molecule has 2 aromatic rings. The molecule has 0 aromatic heterocycles. The van der Waals surface area contributed by atoms with Crippen LogP contribution in [0.25, 0.3) is 6.08 Å². The van der Waals surface area contributed by atoms with E-state index in [4.69, 9.17) is 4.74 Å². The van der Waals surface area contributed by atoms with Crippen molar-refractivity contribution in [3.05, 3.63) is 64.3 Å². The van der Waals surface area contributed by atoms with Crippen molar-refractivity contribution in [2.45, 2.75) is 0 Å². The van der Waals surface area contributed by atoms with Gasteiger partial charge in [-0.3, -0.25) is 4.79 Å². The van der Waals surface area contributed by atoms with Crippen molar-refractivity contribution in [2.75, 3.05) is 12.0 Å². The van der Waals surface area contributed by atoms with Crippen molar-refractivity contribution in [2.24, 2.45) is 0 Å². The fourth-order valence-corrected chi connectivity index (χ4v) is 2.70. The van der Waals surface area contributed by atoms with Crippen molar-refractivity contribution < 1.29 is 14.3 Å². The molecular formula is C17H13BrN2O3. The first-order valence-electron chi connectivity index (χ1n) is 6.86.